The third-order valence-electron chi connectivity index (χ3n) is 4.09. The van der Waals surface area contributed by atoms with Crippen LogP contribution in [0.3, 0.4) is 0 Å². The highest BCUT2D eigenvalue weighted by Crippen LogP contribution is 2.12. The number of hydrogen-bond acceptors (Lipinski definition) is 3. The zero-order valence-electron chi connectivity index (χ0n) is 12.4. The second-order valence-electron chi connectivity index (χ2n) is 5.68. The highest BCUT2D eigenvalue weighted by Gasteiger charge is 2.22. The Morgan fingerprint density at radius 1 is 1.25 bits per heavy atom. The van der Waals surface area contributed by atoms with Gasteiger partial charge in [-0.3, -0.25) is 4.79 Å². The highest BCUT2D eigenvalue weighted by atomic mass is 35.5. The maximum atomic E-state index is 11.9. The van der Waals surface area contributed by atoms with E-state index in [1.807, 2.05) is 0 Å². The third kappa shape index (κ3) is 6.61. The number of halogens is 2. The van der Waals surface area contributed by atoms with E-state index < -0.39 is 0 Å². The SMILES string of the molecule is CCCN1CCC(NC(=O)CC2CCCN2)CC1.Cl.Cl. The van der Waals surface area contributed by atoms with Crippen LogP contribution in [0.1, 0.15) is 45.4 Å². The van der Waals surface area contributed by atoms with Crippen molar-refractivity contribution in [1.29, 1.82) is 0 Å². The third-order valence-corrected chi connectivity index (χ3v) is 4.09. The average molecular weight is 326 g/mol. The number of nitrogens with one attached hydrogen (secondary N) is 2. The molecule has 2 N–H and O–H groups in total. The number of nitrogens with zero attached hydrogens (tertiary/aromatic N) is 1. The smallest absolute Gasteiger partial charge is 0.221 e. The second-order valence-corrected chi connectivity index (χ2v) is 5.68. The molecule has 1 atom stereocenters. The van der Waals surface area contributed by atoms with E-state index in [0.29, 0.717) is 18.5 Å². The Labute approximate surface area is 135 Å². The van der Waals surface area contributed by atoms with Gasteiger partial charge in [-0.2, -0.15) is 0 Å². The minimum Gasteiger partial charge on any atom is -0.353 e. The lowest BCUT2D eigenvalue weighted by atomic mass is 10.0. The molecular weight excluding hydrogens is 297 g/mol. The number of piperidine rings is 1. The normalized spacial score (nSPS) is 23.8. The zero-order valence-corrected chi connectivity index (χ0v) is 14.0. The van der Waals surface area contributed by atoms with Gasteiger partial charge in [0.25, 0.3) is 0 Å². The van der Waals surface area contributed by atoms with E-state index in [1.165, 1.54) is 19.4 Å². The van der Waals surface area contributed by atoms with E-state index in [0.717, 1.165) is 38.9 Å². The Kier molecular flexibility index (Phi) is 10.6. The van der Waals surface area contributed by atoms with Crippen LogP contribution in [0.4, 0.5) is 0 Å². The molecule has 2 heterocycles. The summed E-state index contributed by atoms with van der Waals surface area (Å²) in [4.78, 5) is 14.4. The molecule has 0 aliphatic carbocycles. The summed E-state index contributed by atoms with van der Waals surface area (Å²) in [5, 5.41) is 6.58. The zero-order chi connectivity index (χ0) is 12.8. The van der Waals surface area contributed by atoms with Crippen LogP contribution < -0.4 is 10.6 Å². The first kappa shape index (κ1) is 20.0. The summed E-state index contributed by atoms with van der Waals surface area (Å²) < 4.78 is 0. The van der Waals surface area contributed by atoms with Gasteiger partial charge in [-0.05, 0) is 45.2 Å². The molecule has 0 saturated carbocycles. The topological polar surface area (TPSA) is 44.4 Å². The van der Waals surface area contributed by atoms with Gasteiger partial charge in [0.2, 0.25) is 5.91 Å². The van der Waals surface area contributed by atoms with E-state index in [-0.39, 0.29) is 30.7 Å². The van der Waals surface area contributed by atoms with Crippen molar-refractivity contribution in [1.82, 2.24) is 15.5 Å². The van der Waals surface area contributed by atoms with Crippen LogP contribution in [0.25, 0.3) is 0 Å². The molecule has 0 aromatic heterocycles. The average Bonchev–Trinajstić information content (AvgIpc) is 2.84. The van der Waals surface area contributed by atoms with Crippen LogP contribution >= 0.6 is 24.8 Å². The van der Waals surface area contributed by atoms with Crippen molar-refractivity contribution in [2.24, 2.45) is 0 Å². The predicted octanol–water partition coefficient (Wildman–Crippen LogP) is 1.96. The number of carbonyl (C=O) groups is 1. The molecule has 4 nitrogen and oxygen atoms in total. The lowest BCUT2D eigenvalue weighted by molar-refractivity contribution is -0.122. The lowest BCUT2D eigenvalue weighted by Gasteiger charge is -2.32. The van der Waals surface area contributed by atoms with E-state index in [2.05, 4.69) is 22.5 Å². The van der Waals surface area contributed by atoms with Gasteiger partial charge < -0.3 is 15.5 Å². The summed E-state index contributed by atoms with van der Waals surface area (Å²) in [7, 11) is 0. The maximum Gasteiger partial charge on any atom is 0.221 e. The standard InChI is InChI=1S/C14H27N3O.2ClH/c1-2-8-17-9-5-12(6-10-17)16-14(18)11-13-4-3-7-15-13;;/h12-13,15H,2-11H2,1H3,(H,16,18);2*1H. The molecule has 2 aliphatic heterocycles. The number of likely N-dealkylation sites (tertiary alicyclic amines) is 1. The van der Waals surface area contributed by atoms with Crippen molar-refractivity contribution in [3.63, 3.8) is 0 Å². The van der Waals surface area contributed by atoms with Gasteiger partial charge in [-0.1, -0.05) is 6.92 Å². The minimum absolute atomic E-state index is 0. The minimum atomic E-state index is 0. The van der Waals surface area contributed by atoms with Crippen molar-refractivity contribution in [2.75, 3.05) is 26.2 Å². The summed E-state index contributed by atoms with van der Waals surface area (Å²) >= 11 is 0. The summed E-state index contributed by atoms with van der Waals surface area (Å²) in [5.41, 5.74) is 0. The maximum absolute atomic E-state index is 11.9. The molecule has 0 spiro atoms. The van der Waals surface area contributed by atoms with Crippen LogP contribution in [0.2, 0.25) is 0 Å². The summed E-state index contributed by atoms with van der Waals surface area (Å²) in [6.07, 6.45) is 6.49. The van der Waals surface area contributed by atoms with E-state index >= 15 is 0 Å². The quantitative estimate of drug-likeness (QED) is 0.812. The Morgan fingerprint density at radius 2 is 1.95 bits per heavy atom. The highest BCUT2D eigenvalue weighted by molar-refractivity contribution is 5.85. The lowest BCUT2D eigenvalue weighted by Crippen LogP contribution is -2.45. The Morgan fingerprint density at radius 3 is 2.50 bits per heavy atom. The Bertz CT molecular complexity index is 265. The molecule has 2 fully saturated rings. The van der Waals surface area contributed by atoms with Crippen LogP contribution in [-0.2, 0) is 4.79 Å². The van der Waals surface area contributed by atoms with Gasteiger partial charge >= 0.3 is 0 Å². The van der Waals surface area contributed by atoms with Gasteiger partial charge in [0, 0.05) is 31.6 Å². The van der Waals surface area contributed by atoms with Gasteiger partial charge in [0.15, 0.2) is 0 Å². The second kappa shape index (κ2) is 10.7. The van der Waals surface area contributed by atoms with E-state index in [4.69, 9.17) is 0 Å². The molecule has 20 heavy (non-hydrogen) atoms. The molecule has 1 unspecified atom stereocenters. The number of hydrogen-bond donors (Lipinski definition) is 2. The van der Waals surface area contributed by atoms with E-state index in [1.54, 1.807) is 0 Å². The molecule has 0 aromatic rings. The summed E-state index contributed by atoms with van der Waals surface area (Å²) in [5.74, 6) is 0.239. The Balaban J connectivity index is 0.00000180. The molecule has 6 heteroatoms. The summed E-state index contributed by atoms with van der Waals surface area (Å²) in [6, 6.07) is 0.831. The van der Waals surface area contributed by atoms with Crippen LogP contribution in [0.15, 0.2) is 0 Å². The number of rotatable bonds is 5. The number of amides is 1. The first-order chi connectivity index (χ1) is 8.78. The molecular formula is C14H29Cl2N3O. The van der Waals surface area contributed by atoms with Crippen molar-refractivity contribution in [3.8, 4) is 0 Å². The van der Waals surface area contributed by atoms with Crippen molar-refractivity contribution in [2.45, 2.75) is 57.5 Å². The van der Waals surface area contributed by atoms with Gasteiger partial charge in [0.05, 0.1) is 0 Å². The molecule has 2 saturated heterocycles. The van der Waals surface area contributed by atoms with Crippen LogP contribution in [0, 0.1) is 0 Å². The summed E-state index contributed by atoms with van der Waals surface area (Å²) in [6.45, 7) is 6.78. The molecule has 120 valence electrons. The molecule has 1 amide bonds. The molecule has 0 aromatic carbocycles. The molecule has 0 radical (unpaired) electrons. The van der Waals surface area contributed by atoms with Crippen molar-refractivity contribution < 1.29 is 4.79 Å². The first-order valence-corrected chi connectivity index (χ1v) is 7.53. The largest absolute Gasteiger partial charge is 0.353 e. The Hall–Kier alpha value is -0.0300. The fourth-order valence-electron chi connectivity index (χ4n) is 3.06. The van der Waals surface area contributed by atoms with Gasteiger partial charge in [-0.25, -0.2) is 0 Å². The van der Waals surface area contributed by atoms with E-state index in [9.17, 15) is 4.79 Å². The molecule has 0 bridgehead atoms. The van der Waals surface area contributed by atoms with Crippen molar-refractivity contribution >= 4 is 30.7 Å². The van der Waals surface area contributed by atoms with Crippen LogP contribution in [-0.4, -0.2) is 49.1 Å². The molecule has 2 aliphatic rings. The van der Waals surface area contributed by atoms with Gasteiger partial charge in [0.1, 0.15) is 0 Å². The number of carbonyl (C=O) groups excluding carboxylic acids is 1. The van der Waals surface area contributed by atoms with Gasteiger partial charge in [-0.15, -0.1) is 24.8 Å². The first-order valence-electron chi connectivity index (χ1n) is 7.53. The fourth-order valence-corrected chi connectivity index (χ4v) is 3.06. The van der Waals surface area contributed by atoms with Crippen LogP contribution in [0.5, 0.6) is 0 Å². The fraction of sp³-hybridized carbons (Fsp3) is 0.929. The predicted molar refractivity (Wildman–Crippen MR) is 88.0 cm³/mol. The monoisotopic (exact) mass is 325 g/mol. The van der Waals surface area contributed by atoms with Crippen molar-refractivity contribution in [3.05, 3.63) is 0 Å². The molecule has 2 rings (SSSR count).